The number of anilines is 2. The van der Waals surface area contributed by atoms with Crippen molar-refractivity contribution in [3.63, 3.8) is 0 Å². The monoisotopic (exact) mass is 204 g/mol. The van der Waals surface area contributed by atoms with Crippen molar-refractivity contribution in [1.82, 2.24) is 20.2 Å². The fourth-order valence-corrected chi connectivity index (χ4v) is 1.49. The van der Waals surface area contributed by atoms with E-state index in [4.69, 9.17) is 5.73 Å². The van der Waals surface area contributed by atoms with Crippen LogP contribution in [-0.2, 0) is 0 Å². The van der Waals surface area contributed by atoms with Crippen molar-refractivity contribution in [3.8, 4) is 0 Å². The summed E-state index contributed by atoms with van der Waals surface area (Å²) in [6.07, 6.45) is 4.24. The molecule has 3 rings (SSSR count). The summed E-state index contributed by atoms with van der Waals surface area (Å²) < 4.78 is 0. The molecule has 0 aromatic carbocycles. The summed E-state index contributed by atoms with van der Waals surface area (Å²) in [5.74, 6) is 1.83. The molecule has 1 saturated carbocycles. The number of H-pyrrole nitrogens is 1. The highest BCUT2D eigenvalue weighted by molar-refractivity contribution is 5.85. The predicted octanol–water partition coefficient (Wildman–Crippen LogP) is 0.757. The number of nitrogens with zero attached hydrogens (tertiary/aromatic N) is 3. The van der Waals surface area contributed by atoms with Gasteiger partial charge in [0.25, 0.3) is 0 Å². The molecule has 0 saturated heterocycles. The molecule has 0 atom stereocenters. The molecule has 78 valence electrons. The third-order valence-corrected chi connectivity index (χ3v) is 2.59. The highest BCUT2D eigenvalue weighted by Gasteiger charge is 2.21. The van der Waals surface area contributed by atoms with Crippen LogP contribution in [0, 0.1) is 5.92 Å². The van der Waals surface area contributed by atoms with Crippen LogP contribution in [0.15, 0.2) is 6.20 Å². The Morgan fingerprint density at radius 2 is 2.33 bits per heavy atom. The summed E-state index contributed by atoms with van der Waals surface area (Å²) >= 11 is 0. The van der Waals surface area contributed by atoms with Crippen molar-refractivity contribution in [2.45, 2.75) is 12.8 Å². The van der Waals surface area contributed by atoms with E-state index in [0.29, 0.717) is 17.4 Å². The van der Waals surface area contributed by atoms with Crippen LogP contribution >= 0.6 is 0 Å². The number of fused-ring (bicyclic) bond motifs is 1. The summed E-state index contributed by atoms with van der Waals surface area (Å²) in [7, 11) is 0. The van der Waals surface area contributed by atoms with Crippen LogP contribution in [0.3, 0.4) is 0 Å². The number of nitrogen functional groups attached to an aromatic ring is 1. The van der Waals surface area contributed by atoms with Gasteiger partial charge >= 0.3 is 0 Å². The maximum atomic E-state index is 5.77. The molecule has 1 aliphatic rings. The molecule has 0 bridgehead atoms. The average molecular weight is 204 g/mol. The van der Waals surface area contributed by atoms with Crippen LogP contribution in [0.4, 0.5) is 11.8 Å². The molecule has 0 amide bonds. The minimum absolute atomic E-state index is 0.465. The molecule has 2 aromatic heterocycles. The molecular weight excluding hydrogens is 192 g/mol. The minimum atomic E-state index is 0.465. The van der Waals surface area contributed by atoms with Gasteiger partial charge in [0, 0.05) is 6.54 Å². The van der Waals surface area contributed by atoms with E-state index < -0.39 is 0 Å². The van der Waals surface area contributed by atoms with Gasteiger partial charge in [0.15, 0.2) is 5.65 Å². The Bertz CT molecular complexity index is 486. The van der Waals surface area contributed by atoms with Gasteiger partial charge in [-0.15, -0.1) is 0 Å². The lowest BCUT2D eigenvalue weighted by molar-refractivity contribution is 0.875. The van der Waals surface area contributed by atoms with Crippen molar-refractivity contribution in [2.24, 2.45) is 5.92 Å². The SMILES string of the molecule is Nc1nc(NCC2CC2)nc2[nH]ncc12. The van der Waals surface area contributed by atoms with Crippen LogP contribution in [0.2, 0.25) is 0 Å². The third kappa shape index (κ3) is 1.58. The first-order chi connectivity index (χ1) is 7.33. The second-order valence-electron chi connectivity index (χ2n) is 3.89. The maximum Gasteiger partial charge on any atom is 0.226 e. The number of hydrogen-bond donors (Lipinski definition) is 3. The zero-order valence-electron chi connectivity index (χ0n) is 8.20. The molecule has 2 heterocycles. The molecule has 6 heteroatoms. The van der Waals surface area contributed by atoms with E-state index in [2.05, 4.69) is 25.5 Å². The zero-order chi connectivity index (χ0) is 10.3. The lowest BCUT2D eigenvalue weighted by Gasteiger charge is -2.03. The van der Waals surface area contributed by atoms with E-state index in [1.807, 2.05) is 0 Å². The molecule has 6 nitrogen and oxygen atoms in total. The van der Waals surface area contributed by atoms with E-state index in [0.717, 1.165) is 17.8 Å². The Morgan fingerprint density at radius 3 is 3.13 bits per heavy atom. The number of aromatic nitrogens is 4. The van der Waals surface area contributed by atoms with Crippen LogP contribution < -0.4 is 11.1 Å². The molecule has 0 aliphatic heterocycles. The van der Waals surface area contributed by atoms with Gasteiger partial charge in [-0.3, -0.25) is 5.10 Å². The molecule has 1 aliphatic carbocycles. The number of hydrogen-bond acceptors (Lipinski definition) is 5. The first kappa shape index (κ1) is 8.46. The highest BCUT2D eigenvalue weighted by Crippen LogP contribution is 2.28. The molecule has 1 fully saturated rings. The van der Waals surface area contributed by atoms with E-state index in [1.165, 1.54) is 12.8 Å². The van der Waals surface area contributed by atoms with E-state index >= 15 is 0 Å². The average Bonchev–Trinajstić information content (AvgIpc) is 2.93. The minimum Gasteiger partial charge on any atom is -0.383 e. The summed E-state index contributed by atoms with van der Waals surface area (Å²) in [5.41, 5.74) is 6.45. The Kier molecular flexibility index (Phi) is 1.74. The number of nitrogens with one attached hydrogen (secondary N) is 2. The smallest absolute Gasteiger partial charge is 0.226 e. The Morgan fingerprint density at radius 1 is 1.47 bits per heavy atom. The van der Waals surface area contributed by atoms with Crippen LogP contribution in [0.5, 0.6) is 0 Å². The third-order valence-electron chi connectivity index (χ3n) is 2.59. The fraction of sp³-hybridized carbons (Fsp3) is 0.444. The second kappa shape index (κ2) is 3.08. The van der Waals surface area contributed by atoms with Gasteiger partial charge in [0.1, 0.15) is 5.82 Å². The molecule has 4 N–H and O–H groups in total. The zero-order valence-corrected chi connectivity index (χ0v) is 8.20. The maximum absolute atomic E-state index is 5.77. The second-order valence-corrected chi connectivity index (χ2v) is 3.89. The van der Waals surface area contributed by atoms with Gasteiger partial charge in [-0.1, -0.05) is 0 Å². The topological polar surface area (TPSA) is 92.5 Å². The molecule has 15 heavy (non-hydrogen) atoms. The van der Waals surface area contributed by atoms with Crippen LogP contribution in [0.25, 0.3) is 11.0 Å². The summed E-state index contributed by atoms with van der Waals surface area (Å²) in [5, 5.41) is 10.6. The Labute approximate surface area is 86.3 Å². The Hall–Kier alpha value is -1.85. The van der Waals surface area contributed by atoms with E-state index in [1.54, 1.807) is 6.20 Å². The van der Waals surface area contributed by atoms with Gasteiger partial charge in [-0.2, -0.15) is 15.1 Å². The predicted molar refractivity (Wildman–Crippen MR) is 57.3 cm³/mol. The summed E-state index contributed by atoms with van der Waals surface area (Å²) in [6.45, 7) is 0.930. The first-order valence-electron chi connectivity index (χ1n) is 5.03. The summed E-state index contributed by atoms with van der Waals surface area (Å²) in [4.78, 5) is 8.44. The van der Waals surface area contributed by atoms with Gasteiger partial charge in [-0.05, 0) is 18.8 Å². The molecule has 0 radical (unpaired) electrons. The quantitative estimate of drug-likeness (QED) is 0.686. The van der Waals surface area contributed by atoms with Gasteiger partial charge in [0.05, 0.1) is 11.6 Å². The first-order valence-corrected chi connectivity index (χ1v) is 5.03. The standard InChI is InChI=1S/C9H12N6/c10-7-6-4-12-15-8(6)14-9(13-7)11-3-5-1-2-5/h4-5H,1-3H2,(H4,10,11,12,13,14,15). The fourth-order valence-electron chi connectivity index (χ4n) is 1.49. The van der Waals surface area contributed by atoms with Crippen molar-refractivity contribution < 1.29 is 0 Å². The van der Waals surface area contributed by atoms with E-state index in [9.17, 15) is 0 Å². The van der Waals surface area contributed by atoms with E-state index in [-0.39, 0.29) is 0 Å². The summed E-state index contributed by atoms with van der Waals surface area (Å²) in [6, 6.07) is 0. The van der Waals surface area contributed by atoms with Crippen molar-refractivity contribution in [1.29, 1.82) is 0 Å². The normalized spacial score (nSPS) is 15.7. The molecule has 0 spiro atoms. The number of rotatable bonds is 3. The van der Waals surface area contributed by atoms with Gasteiger partial charge in [-0.25, -0.2) is 0 Å². The number of nitrogens with two attached hydrogens (primary N) is 1. The highest BCUT2D eigenvalue weighted by atomic mass is 15.2. The van der Waals surface area contributed by atoms with Gasteiger partial charge < -0.3 is 11.1 Å². The van der Waals surface area contributed by atoms with Crippen LogP contribution in [-0.4, -0.2) is 26.7 Å². The lowest BCUT2D eigenvalue weighted by atomic mass is 10.4. The molecule has 2 aromatic rings. The van der Waals surface area contributed by atoms with Crippen molar-refractivity contribution in [3.05, 3.63) is 6.20 Å². The molecular formula is C9H12N6. The lowest BCUT2D eigenvalue weighted by Crippen LogP contribution is -2.08. The molecule has 0 unspecified atom stereocenters. The van der Waals surface area contributed by atoms with Gasteiger partial charge in [0.2, 0.25) is 5.95 Å². The van der Waals surface area contributed by atoms with Crippen molar-refractivity contribution in [2.75, 3.05) is 17.6 Å². The Balaban J connectivity index is 1.89. The number of aromatic amines is 1. The largest absolute Gasteiger partial charge is 0.383 e. The van der Waals surface area contributed by atoms with Crippen LogP contribution in [0.1, 0.15) is 12.8 Å². The van der Waals surface area contributed by atoms with Crippen molar-refractivity contribution >= 4 is 22.8 Å².